The van der Waals surface area contributed by atoms with E-state index in [0.717, 1.165) is 24.5 Å². The molecule has 0 aromatic carbocycles. The van der Waals surface area contributed by atoms with Crippen LogP contribution < -0.4 is 5.32 Å². The zero-order valence-electron chi connectivity index (χ0n) is 12.3. The van der Waals surface area contributed by atoms with Crippen molar-refractivity contribution in [2.45, 2.75) is 65.7 Å². The summed E-state index contributed by atoms with van der Waals surface area (Å²) in [5.41, 5.74) is 2.61. The van der Waals surface area contributed by atoms with Crippen LogP contribution in [-0.2, 0) is 12.8 Å². The molecule has 1 heterocycles. The Morgan fingerprint density at radius 1 is 1.00 bits per heavy atom. The molecule has 0 aliphatic heterocycles. The van der Waals surface area contributed by atoms with Crippen LogP contribution in [0.15, 0.2) is 0 Å². The second kappa shape index (κ2) is 8.06. The molecule has 0 fully saturated rings. The first kappa shape index (κ1) is 14.9. The molecule has 0 spiro atoms. The van der Waals surface area contributed by atoms with Gasteiger partial charge in [-0.15, -0.1) is 0 Å². The maximum absolute atomic E-state index is 4.53. The monoisotopic (exact) mass is 249 g/mol. The average molecular weight is 249 g/mol. The van der Waals surface area contributed by atoms with Crippen LogP contribution in [0.4, 0.5) is 5.82 Å². The van der Waals surface area contributed by atoms with Crippen molar-refractivity contribution < 1.29 is 0 Å². The lowest BCUT2D eigenvalue weighted by Gasteiger charge is -2.10. The first-order chi connectivity index (χ1) is 8.72. The van der Waals surface area contributed by atoms with Gasteiger partial charge in [0, 0.05) is 18.3 Å². The summed E-state index contributed by atoms with van der Waals surface area (Å²) in [5, 5.41) is 3.17. The zero-order valence-corrected chi connectivity index (χ0v) is 12.3. The van der Waals surface area contributed by atoms with Gasteiger partial charge in [0.25, 0.3) is 0 Å². The minimum Gasteiger partial charge on any atom is -0.373 e. The van der Waals surface area contributed by atoms with E-state index in [1.807, 2.05) is 14.0 Å². The maximum Gasteiger partial charge on any atom is 0.132 e. The van der Waals surface area contributed by atoms with E-state index in [2.05, 4.69) is 29.1 Å². The first-order valence-electron chi connectivity index (χ1n) is 7.27. The standard InChI is InChI=1S/C11H17N3.C4H10/c1-8-13-10-7-5-3-4-6-9(10)11(12-2)14-8;1-3-4-2/h3-7H2,1-2H3,(H,12,13,14);3-4H2,1-2H3. The molecule has 1 aliphatic carbocycles. The van der Waals surface area contributed by atoms with Gasteiger partial charge in [0.05, 0.1) is 0 Å². The van der Waals surface area contributed by atoms with Crippen molar-refractivity contribution in [1.29, 1.82) is 0 Å². The van der Waals surface area contributed by atoms with Gasteiger partial charge in [0.1, 0.15) is 11.6 Å². The lowest BCUT2D eigenvalue weighted by atomic mass is 10.1. The van der Waals surface area contributed by atoms with Crippen molar-refractivity contribution in [2.75, 3.05) is 12.4 Å². The minimum absolute atomic E-state index is 0.884. The van der Waals surface area contributed by atoms with Gasteiger partial charge in [0.15, 0.2) is 0 Å². The maximum atomic E-state index is 4.53. The summed E-state index contributed by atoms with van der Waals surface area (Å²) in [7, 11) is 1.94. The zero-order chi connectivity index (χ0) is 13.4. The summed E-state index contributed by atoms with van der Waals surface area (Å²) in [6.07, 6.45) is 8.75. The fourth-order valence-corrected chi connectivity index (χ4v) is 2.10. The van der Waals surface area contributed by atoms with Crippen LogP contribution in [0.3, 0.4) is 0 Å². The molecule has 0 radical (unpaired) electrons. The van der Waals surface area contributed by atoms with Gasteiger partial charge in [-0.3, -0.25) is 0 Å². The van der Waals surface area contributed by atoms with Gasteiger partial charge in [-0.05, 0) is 32.6 Å². The number of unbranched alkanes of at least 4 members (excludes halogenated alkanes) is 1. The molecule has 1 aromatic rings. The van der Waals surface area contributed by atoms with E-state index in [1.54, 1.807) is 0 Å². The van der Waals surface area contributed by atoms with E-state index in [9.17, 15) is 0 Å². The highest BCUT2D eigenvalue weighted by Gasteiger charge is 2.14. The van der Waals surface area contributed by atoms with Crippen molar-refractivity contribution in [3.8, 4) is 0 Å². The van der Waals surface area contributed by atoms with Crippen molar-refractivity contribution in [3.63, 3.8) is 0 Å². The second-order valence-electron chi connectivity index (χ2n) is 4.86. The molecule has 3 nitrogen and oxygen atoms in total. The number of rotatable bonds is 2. The molecule has 0 bridgehead atoms. The van der Waals surface area contributed by atoms with Gasteiger partial charge >= 0.3 is 0 Å². The fraction of sp³-hybridized carbons (Fsp3) is 0.733. The van der Waals surface area contributed by atoms with E-state index >= 15 is 0 Å². The summed E-state index contributed by atoms with van der Waals surface area (Å²) in [5.74, 6) is 1.92. The molecule has 0 saturated carbocycles. The van der Waals surface area contributed by atoms with E-state index in [4.69, 9.17) is 0 Å². The Hall–Kier alpha value is -1.12. The SMILES string of the molecule is CCCC.CNc1nc(C)nc2c1CCCCC2. The van der Waals surface area contributed by atoms with Crippen LogP contribution in [0.1, 0.15) is 63.0 Å². The van der Waals surface area contributed by atoms with Crippen molar-refractivity contribution >= 4 is 5.82 Å². The minimum atomic E-state index is 0.884. The Morgan fingerprint density at radius 2 is 1.67 bits per heavy atom. The van der Waals surface area contributed by atoms with E-state index in [0.29, 0.717) is 0 Å². The van der Waals surface area contributed by atoms with Crippen molar-refractivity contribution in [2.24, 2.45) is 0 Å². The predicted octanol–water partition coefficient (Wildman–Crippen LogP) is 3.90. The number of nitrogens with one attached hydrogen (secondary N) is 1. The summed E-state index contributed by atoms with van der Waals surface area (Å²) in [4.78, 5) is 8.96. The Morgan fingerprint density at radius 3 is 2.28 bits per heavy atom. The third-order valence-electron chi connectivity index (χ3n) is 3.28. The van der Waals surface area contributed by atoms with Crippen LogP contribution in [0, 0.1) is 6.92 Å². The van der Waals surface area contributed by atoms with Gasteiger partial charge in [-0.1, -0.05) is 33.1 Å². The quantitative estimate of drug-likeness (QED) is 0.808. The fourth-order valence-electron chi connectivity index (χ4n) is 2.10. The molecule has 0 atom stereocenters. The van der Waals surface area contributed by atoms with Crippen LogP contribution in [0.2, 0.25) is 0 Å². The summed E-state index contributed by atoms with van der Waals surface area (Å²) in [6.45, 7) is 6.33. The topological polar surface area (TPSA) is 37.8 Å². The number of fused-ring (bicyclic) bond motifs is 1. The number of nitrogens with zero attached hydrogens (tertiary/aromatic N) is 2. The average Bonchev–Trinajstić information content (AvgIpc) is 2.63. The molecule has 3 heteroatoms. The van der Waals surface area contributed by atoms with E-state index < -0.39 is 0 Å². The van der Waals surface area contributed by atoms with Crippen LogP contribution in [0.25, 0.3) is 0 Å². The van der Waals surface area contributed by atoms with Crippen molar-refractivity contribution in [1.82, 2.24) is 9.97 Å². The highest BCUT2D eigenvalue weighted by atomic mass is 15.0. The molecule has 1 N–H and O–H groups in total. The van der Waals surface area contributed by atoms with Gasteiger partial charge < -0.3 is 5.32 Å². The van der Waals surface area contributed by atoms with Crippen LogP contribution in [-0.4, -0.2) is 17.0 Å². The molecule has 0 amide bonds. The largest absolute Gasteiger partial charge is 0.373 e. The van der Waals surface area contributed by atoms with Crippen LogP contribution in [0.5, 0.6) is 0 Å². The summed E-state index contributed by atoms with van der Waals surface area (Å²) in [6, 6.07) is 0. The molecule has 102 valence electrons. The highest BCUT2D eigenvalue weighted by molar-refractivity contribution is 5.46. The number of hydrogen-bond acceptors (Lipinski definition) is 3. The molecule has 0 saturated heterocycles. The van der Waals surface area contributed by atoms with Gasteiger partial charge in [-0.25, -0.2) is 9.97 Å². The number of hydrogen-bond donors (Lipinski definition) is 1. The van der Waals surface area contributed by atoms with Gasteiger partial charge in [0.2, 0.25) is 0 Å². The Kier molecular flexibility index (Phi) is 6.69. The number of aryl methyl sites for hydroxylation is 2. The first-order valence-corrected chi connectivity index (χ1v) is 7.27. The highest BCUT2D eigenvalue weighted by Crippen LogP contribution is 2.24. The lowest BCUT2D eigenvalue weighted by molar-refractivity contribution is 0.708. The van der Waals surface area contributed by atoms with E-state index in [1.165, 1.54) is 43.4 Å². The third kappa shape index (κ3) is 4.28. The Bertz CT molecular complexity index is 359. The molecule has 1 aromatic heterocycles. The number of anilines is 1. The summed E-state index contributed by atoms with van der Waals surface area (Å²) < 4.78 is 0. The number of aromatic nitrogens is 2. The molecule has 1 aliphatic rings. The summed E-state index contributed by atoms with van der Waals surface area (Å²) >= 11 is 0. The second-order valence-corrected chi connectivity index (χ2v) is 4.86. The van der Waals surface area contributed by atoms with Crippen molar-refractivity contribution in [3.05, 3.63) is 17.1 Å². The lowest BCUT2D eigenvalue weighted by Crippen LogP contribution is -2.06. The molecular formula is C15H27N3. The smallest absolute Gasteiger partial charge is 0.132 e. The normalized spacial score (nSPS) is 14.0. The third-order valence-corrected chi connectivity index (χ3v) is 3.28. The Labute approximate surface area is 111 Å². The van der Waals surface area contributed by atoms with E-state index in [-0.39, 0.29) is 0 Å². The molecule has 2 rings (SSSR count). The predicted molar refractivity (Wildman–Crippen MR) is 78.2 cm³/mol. The van der Waals surface area contributed by atoms with Crippen LogP contribution >= 0.6 is 0 Å². The molecule has 18 heavy (non-hydrogen) atoms. The Balaban J connectivity index is 0.000000357. The molecule has 0 unspecified atom stereocenters. The molecular weight excluding hydrogens is 222 g/mol. The van der Waals surface area contributed by atoms with Gasteiger partial charge in [-0.2, -0.15) is 0 Å².